The van der Waals surface area contributed by atoms with Crippen LogP contribution in [0.2, 0.25) is 0 Å². The second-order valence-corrected chi connectivity index (χ2v) is 6.38. The van der Waals surface area contributed by atoms with E-state index >= 15 is 0 Å². The van der Waals surface area contributed by atoms with Crippen LogP contribution in [0.25, 0.3) is 0 Å². The average molecular weight is 288 g/mol. The first kappa shape index (κ1) is 15.1. The molecule has 0 bridgehead atoms. The smallest absolute Gasteiger partial charge is 0.234 e. The number of likely N-dealkylation sites (tertiary alicyclic amines) is 1. The van der Waals surface area contributed by atoms with Gasteiger partial charge in [-0.1, -0.05) is 0 Å². The number of nitrogens with zero attached hydrogens (tertiary/aromatic N) is 1. The van der Waals surface area contributed by atoms with Gasteiger partial charge in [0, 0.05) is 25.2 Å². The molecule has 0 spiro atoms. The summed E-state index contributed by atoms with van der Waals surface area (Å²) in [5.41, 5.74) is 5.88. The third-order valence-electron chi connectivity index (χ3n) is 4.59. The zero-order chi connectivity index (χ0) is 12.5. The minimum Gasteiger partial charge on any atom is -0.352 e. The number of hydrogen-bond donors (Lipinski definition) is 2. The van der Waals surface area contributed by atoms with E-state index in [1.54, 1.807) is 0 Å². The predicted octanol–water partition coefficient (Wildman–Crippen LogP) is 1.14. The standard InChI is InChI=1S/C14H25N3O.ClH/c15-12-5-7-17(8-6-12)9-13(18)16-14(10-1-2-10)11-3-4-11;/h10-12,14H,1-9,15H2,(H,16,18);1H. The molecule has 3 aliphatic rings. The van der Waals surface area contributed by atoms with Crippen LogP contribution in [0.5, 0.6) is 0 Å². The van der Waals surface area contributed by atoms with Crippen molar-refractivity contribution in [2.24, 2.45) is 17.6 Å². The molecular formula is C14H26ClN3O. The fraction of sp³-hybridized carbons (Fsp3) is 0.929. The summed E-state index contributed by atoms with van der Waals surface area (Å²) in [5.74, 6) is 1.81. The van der Waals surface area contributed by atoms with E-state index < -0.39 is 0 Å². The number of carbonyl (C=O) groups excluding carboxylic acids is 1. The number of amides is 1. The molecule has 0 atom stereocenters. The van der Waals surface area contributed by atoms with E-state index in [0.29, 0.717) is 18.6 Å². The number of carbonyl (C=O) groups is 1. The Morgan fingerprint density at radius 1 is 1.11 bits per heavy atom. The van der Waals surface area contributed by atoms with Crippen LogP contribution in [-0.2, 0) is 4.79 Å². The fourth-order valence-electron chi connectivity index (χ4n) is 3.08. The Hall–Kier alpha value is -0.320. The van der Waals surface area contributed by atoms with Crippen LogP contribution in [0.3, 0.4) is 0 Å². The minimum atomic E-state index is 0. The van der Waals surface area contributed by atoms with Gasteiger partial charge >= 0.3 is 0 Å². The van der Waals surface area contributed by atoms with Crippen LogP contribution >= 0.6 is 12.4 Å². The van der Waals surface area contributed by atoms with Crippen LogP contribution in [0.4, 0.5) is 0 Å². The summed E-state index contributed by atoms with van der Waals surface area (Å²) in [7, 11) is 0. The first-order chi connectivity index (χ1) is 8.72. The SMILES string of the molecule is Cl.NC1CCN(CC(=O)NC(C2CC2)C2CC2)CC1. The quantitative estimate of drug-likeness (QED) is 0.797. The summed E-state index contributed by atoms with van der Waals surface area (Å²) < 4.78 is 0. The number of nitrogens with one attached hydrogen (secondary N) is 1. The number of hydrogen-bond acceptors (Lipinski definition) is 3. The first-order valence-corrected chi connectivity index (χ1v) is 7.49. The van der Waals surface area contributed by atoms with Gasteiger partial charge in [-0.3, -0.25) is 9.69 Å². The molecule has 5 heteroatoms. The molecule has 3 fully saturated rings. The summed E-state index contributed by atoms with van der Waals surface area (Å²) in [6.07, 6.45) is 7.34. The Morgan fingerprint density at radius 2 is 1.63 bits per heavy atom. The van der Waals surface area contributed by atoms with Gasteiger partial charge in [0.05, 0.1) is 6.54 Å². The van der Waals surface area contributed by atoms with Crippen molar-refractivity contribution < 1.29 is 4.79 Å². The molecule has 3 rings (SSSR count). The Balaban J connectivity index is 0.00000133. The van der Waals surface area contributed by atoms with Gasteiger partial charge in [0.2, 0.25) is 5.91 Å². The van der Waals surface area contributed by atoms with Crippen LogP contribution in [-0.4, -0.2) is 42.5 Å². The highest BCUT2D eigenvalue weighted by molar-refractivity contribution is 5.85. The zero-order valence-electron chi connectivity index (χ0n) is 11.5. The molecule has 1 heterocycles. The molecule has 0 radical (unpaired) electrons. The first-order valence-electron chi connectivity index (χ1n) is 7.49. The van der Waals surface area contributed by atoms with E-state index in [-0.39, 0.29) is 18.3 Å². The van der Waals surface area contributed by atoms with E-state index in [1.807, 2.05) is 0 Å². The number of piperidine rings is 1. The van der Waals surface area contributed by atoms with Gasteiger partial charge in [-0.25, -0.2) is 0 Å². The predicted molar refractivity (Wildman–Crippen MR) is 78.3 cm³/mol. The molecule has 19 heavy (non-hydrogen) atoms. The molecule has 4 nitrogen and oxygen atoms in total. The highest BCUT2D eigenvalue weighted by atomic mass is 35.5. The summed E-state index contributed by atoms with van der Waals surface area (Å²) >= 11 is 0. The summed E-state index contributed by atoms with van der Waals surface area (Å²) in [6, 6.07) is 0.833. The number of rotatable bonds is 5. The second-order valence-electron chi connectivity index (χ2n) is 6.38. The molecular weight excluding hydrogens is 262 g/mol. The van der Waals surface area contributed by atoms with Gasteiger partial charge < -0.3 is 11.1 Å². The van der Waals surface area contributed by atoms with E-state index in [4.69, 9.17) is 5.73 Å². The fourth-order valence-corrected chi connectivity index (χ4v) is 3.08. The second kappa shape index (κ2) is 6.42. The molecule has 110 valence electrons. The molecule has 1 amide bonds. The van der Waals surface area contributed by atoms with Gasteiger partial charge in [-0.15, -0.1) is 12.4 Å². The highest BCUT2D eigenvalue weighted by Gasteiger charge is 2.42. The van der Waals surface area contributed by atoms with Gasteiger partial charge in [0.15, 0.2) is 0 Å². The lowest BCUT2D eigenvalue weighted by Gasteiger charge is -2.30. The van der Waals surface area contributed by atoms with Crippen LogP contribution in [0.15, 0.2) is 0 Å². The van der Waals surface area contributed by atoms with Crippen molar-refractivity contribution in [3.63, 3.8) is 0 Å². The van der Waals surface area contributed by atoms with Gasteiger partial charge in [0.25, 0.3) is 0 Å². The van der Waals surface area contributed by atoms with E-state index in [0.717, 1.165) is 37.8 Å². The average Bonchev–Trinajstić information content (AvgIpc) is 3.22. The van der Waals surface area contributed by atoms with Crippen molar-refractivity contribution >= 4 is 18.3 Å². The third-order valence-corrected chi connectivity index (χ3v) is 4.59. The maximum atomic E-state index is 12.1. The molecule has 1 aliphatic heterocycles. The Labute approximate surface area is 121 Å². The number of halogens is 1. The molecule has 2 aliphatic carbocycles. The minimum absolute atomic E-state index is 0. The van der Waals surface area contributed by atoms with E-state index in [1.165, 1.54) is 25.7 Å². The van der Waals surface area contributed by atoms with Crippen molar-refractivity contribution in [3.8, 4) is 0 Å². The van der Waals surface area contributed by atoms with Gasteiger partial charge in [0.1, 0.15) is 0 Å². The van der Waals surface area contributed by atoms with Crippen molar-refractivity contribution in [3.05, 3.63) is 0 Å². The third kappa shape index (κ3) is 4.33. The van der Waals surface area contributed by atoms with Crippen molar-refractivity contribution in [1.82, 2.24) is 10.2 Å². The van der Waals surface area contributed by atoms with Crippen molar-refractivity contribution in [2.75, 3.05) is 19.6 Å². The normalized spacial score (nSPS) is 25.2. The Morgan fingerprint density at radius 3 is 2.11 bits per heavy atom. The molecule has 0 unspecified atom stereocenters. The molecule has 1 saturated heterocycles. The Kier molecular flexibility index (Phi) is 5.09. The van der Waals surface area contributed by atoms with E-state index in [2.05, 4.69) is 10.2 Å². The van der Waals surface area contributed by atoms with Gasteiger partial charge in [-0.2, -0.15) is 0 Å². The largest absolute Gasteiger partial charge is 0.352 e. The maximum Gasteiger partial charge on any atom is 0.234 e. The molecule has 0 aromatic carbocycles. The van der Waals surface area contributed by atoms with Gasteiger partial charge in [-0.05, 0) is 50.4 Å². The van der Waals surface area contributed by atoms with E-state index in [9.17, 15) is 4.79 Å². The molecule has 0 aromatic rings. The molecule has 3 N–H and O–H groups in total. The lowest BCUT2D eigenvalue weighted by Crippen LogP contribution is -2.47. The maximum absolute atomic E-state index is 12.1. The highest BCUT2D eigenvalue weighted by Crippen LogP contribution is 2.44. The summed E-state index contributed by atoms with van der Waals surface area (Å²) in [6.45, 7) is 2.53. The Bertz CT molecular complexity index is 298. The summed E-state index contributed by atoms with van der Waals surface area (Å²) in [5, 5.41) is 3.29. The topological polar surface area (TPSA) is 58.4 Å². The molecule has 2 saturated carbocycles. The van der Waals surface area contributed by atoms with Crippen LogP contribution in [0, 0.1) is 11.8 Å². The van der Waals surface area contributed by atoms with Crippen LogP contribution < -0.4 is 11.1 Å². The monoisotopic (exact) mass is 287 g/mol. The van der Waals surface area contributed by atoms with Crippen LogP contribution in [0.1, 0.15) is 38.5 Å². The van der Waals surface area contributed by atoms with Crippen molar-refractivity contribution in [1.29, 1.82) is 0 Å². The zero-order valence-corrected chi connectivity index (χ0v) is 12.3. The molecule has 0 aromatic heterocycles. The lowest BCUT2D eigenvalue weighted by molar-refractivity contribution is -0.123. The lowest BCUT2D eigenvalue weighted by atomic mass is 10.1. The van der Waals surface area contributed by atoms with Crippen molar-refractivity contribution in [2.45, 2.75) is 50.6 Å². The summed E-state index contributed by atoms with van der Waals surface area (Å²) in [4.78, 5) is 14.3. The number of nitrogens with two attached hydrogens (primary N) is 1.